The molecule has 0 aliphatic rings. The van der Waals surface area contributed by atoms with Gasteiger partial charge < -0.3 is 60.3 Å². The molecule has 18 nitrogen and oxygen atoms in total. The Balaban J connectivity index is 0.000000218. The third-order valence-corrected chi connectivity index (χ3v) is 24.0. The van der Waals surface area contributed by atoms with Crippen molar-refractivity contribution in [2.45, 2.75) is 130 Å². The second kappa shape index (κ2) is 56.7. The summed E-state index contributed by atoms with van der Waals surface area (Å²) in [4.78, 5) is 69.6. The molecule has 6 amide bonds. The number of halogens is 4. The van der Waals surface area contributed by atoms with Crippen molar-refractivity contribution in [1.29, 1.82) is 0 Å². The summed E-state index contributed by atoms with van der Waals surface area (Å²) in [5.41, 5.74) is 25.5. The van der Waals surface area contributed by atoms with E-state index in [1.54, 1.807) is 61.8 Å². The molecule has 0 atom stereocenters. The summed E-state index contributed by atoms with van der Waals surface area (Å²) < 4.78 is 50.7. The number of amides is 6. The minimum absolute atomic E-state index is 0.0710. The van der Waals surface area contributed by atoms with Gasteiger partial charge in [-0.3, -0.25) is 28.8 Å². The molecule has 0 aromatic heterocycles. The summed E-state index contributed by atoms with van der Waals surface area (Å²) >= 11 is 18.4. The molecule has 0 fully saturated rings. The van der Waals surface area contributed by atoms with Crippen LogP contribution in [0.5, 0.6) is 34.5 Å². The van der Waals surface area contributed by atoms with Crippen molar-refractivity contribution >= 4 is 192 Å². The van der Waals surface area contributed by atoms with Crippen LogP contribution in [0, 0.1) is 99.4 Å². The van der Waals surface area contributed by atoms with Crippen molar-refractivity contribution in [2.24, 2.45) is 0 Å². The predicted molar refractivity (Wildman–Crippen MR) is 576 cm³/mol. The third-order valence-electron chi connectivity index (χ3n) is 19.7. The number of ether oxygens (including phenoxy) is 6. The number of benzene rings is 12. The number of rotatable bonds is 25. The zero-order valence-electron chi connectivity index (χ0n) is 78.2. The van der Waals surface area contributed by atoms with Crippen molar-refractivity contribution in [3.8, 4) is 34.5 Å². The van der Waals surface area contributed by atoms with Gasteiger partial charge in [0, 0.05) is 74.9 Å². The van der Waals surface area contributed by atoms with E-state index in [1.165, 1.54) is 45.5 Å². The second-order valence-electron chi connectivity index (χ2n) is 30.5. The fourth-order valence-corrected chi connectivity index (χ4v) is 15.0. The summed E-state index contributed by atoms with van der Waals surface area (Å²) in [7, 11) is 0. The number of thioether (sulfide) groups is 6. The minimum atomic E-state index is -0.397. The minimum Gasteiger partial charge on any atom is -0.489 e. The standard InChI is InChI=1S/C19H21NO2S.C18H21NO2S.C17H18BrNO2S.C17H18ClNO2S.C17H18FNO2S.C17H18INO2S/c1-5-15-7-8-16(17(11-15)20-19(21)23-4)12-22-18-9-6-13(2)10-14(18)3;1-12-6-8-17(14(3)9-12)21-11-15-7-5-13(2)10-16(15)19-18(20)22-4;4*1-11-4-7-16(12(2)8-11)21-10-13-5-6-14(18)9-15(13)19-17(20)22-3/h5-11H,1,12H2,2-4H3,(H,20,21);5-10H,11H2,1-4H3,(H,19,20);4*4-9H,10H2,1-3H3,(H,19,20). The predicted octanol–water partition coefficient (Wildman–Crippen LogP) is 31.8. The van der Waals surface area contributed by atoms with E-state index < -0.39 is 5.82 Å². The lowest BCUT2D eigenvalue weighted by atomic mass is 10.1. The molecular formula is C105H114BrClFIN6O12S6. The maximum Gasteiger partial charge on any atom is 0.283 e. The molecule has 133 heavy (non-hydrogen) atoms. The molecule has 12 aromatic carbocycles. The first-order valence-electron chi connectivity index (χ1n) is 41.8. The van der Waals surface area contributed by atoms with Crippen LogP contribution in [-0.2, 0) is 39.6 Å². The lowest BCUT2D eigenvalue weighted by Crippen LogP contribution is -2.08. The molecule has 700 valence electrons. The van der Waals surface area contributed by atoms with Gasteiger partial charge in [0.2, 0.25) is 0 Å². The first-order chi connectivity index (χ1) is 63.5. The van der Waals surface area contributed by atoms with Crippen LogP contribution in [0.4, 0.5) is 67.3 Å². The first-order valence-corrected chi connectivity index (χ1v) is 51.4. The Bertz CT molecular complexity index is 5340. The third kappa shape index (κ3) is 38.1. The quantitative estimate of drug-likeness (QED) is 0.0292. The average Bonchev–Trinajstić information content (AvgIpc) is 0.879. The molecule has 28 heteroatoms. The highest BCUT2D eigenvalue weighted by Gasteiger charge is 2.18. The van der Waals surface area contributed by atoms with Crippen molar-refractivity contribution in [1.82, 2.24) is 0 Å². The van der Waals surface area contributed by atoms with Crippen LogP contribution < -0.4 is 60.3 Å². The summed E-state index contributed by atoms with van der Waals surface area (Å²) in [6, 6.07) is 69.6. The Kier molecular flexibility index (Phi) is 46.7. The summed E-state index contributed by atoms with van der Waals surface area (Å²) in [5.74, 6) is 4.66. The van der Waals surface area contributed by atoms with Gasteiger partial charge in [0.25, 0.3) is 31.4 Å². The van der Waals surface area contributed by atoms with Crippen LogP contribution in [-0.4, -0.2) is 69.0 Å². The van der Waals surface area contributed by atoms with E-state index in [4.69, 9.17) is 40.0 Å². The van der Waals surface area contributed by atoms with Gasteiger partial charge in [-0.05, 0) is 292 Å². The topological polar surface area (TPSA) is 230 Å². The molecule has 0 bridgehead atoms. The smallest absolute Gasteiger partial charge is 0.283 e. The monoisotopic (exact) mass is 2100 g/mol. The second-order valence-corrected chi connectivity index (χ2v) is 37.8. The van der Waals surface area contributed by atoms with E-state index >= 15 is 0 Å². The van der Waals surface area contributed by atoms with Crippen LogP contribution in [0.2, 0.25) is 5.02 Å². The first kappa shape index (κ1) is 110. The number of carbonyl (C=O) groups excluding carboxylic acids is 6. The molecule has 0 aliphatic carbocycles. The van der Waals surface area contributed by atoms with E-state index in [0.717, 1.165) is 214 Å². The van der Waals surface area contributed by atoms with Crippen molar-refractivity contribution < 1.29 is 61.6 Å². The Morgan fingerprint density at radius 3 is 0.842 bits per heavy atom. The van der Waals surface area contributed by atoms with Crippen LogP contribution in [0.1, 0.15) is 111 Å². The molecule has 12 aromatic rings. The highest BCUT2D eigenvalue weighted by molar-refractivity contribution is 14.1. The van der Waals surface area contributed by atoms with Gasteiger partial charge in [-0.2, -0.15) is 0 Å². The van der Waals surface area contributed by atoms with Gasteiger partial charge in [0.1, 0.15) is 80.0 Å². The molecule has 0 unspecified atom stereocenters. The molecule has 6 N–H and O–H groups in total. The fraction of sp³-hybridized carbons (Fsp3) is 0.238. The molecule has 12 rings (SSSR count). The van der Waals surface area contributed by atoms with Gasteiger partial charge in [-0.15, -0.1) is 0 Å². The molecule has 0 spiro atoms. The van der Waals surface area contributed by atoms with Gasteiger partial charge in [0.15, 0.2) is 0 Å². The van der Waals surface area contributed by atoms with E-state index in [-0.39, 0.29) is 38.0 Å². The fourth-order valence-electron chi connectivity index (χ4n) is 12.7. The number of aryl methyl sites for hydroxylation is 13. The Morgan fingerprint density at radius 2 is 0.541 bits per heavy atom. The zero-order valence-corrected chi connectivity index (χ0v) is 87.6. The van der Waals surface area contributed by atoms with Crippen LogP contribution in [0.25, 0.3) is 6.08 Å². The normalized spacial score (nSPS) is 10.3. The summed E-state index contributed by atoms with van der Waals surface area (Å²) in [5, 5.41) is 16.9. The van der Waals surface area contributed by atoms with Crippen LogP contribution in [0.3, 0.4) is 0 Å². The molecule has 0 aliphatic heterocycles. The number of anilines is 6. The average molecular weight is 2110 g/mol. The van der Waals surface area contributed by atoms with Crippen molar-refractivity contribution in [3.63, 3.8) is 0 Å². The SMILES string of the molecule is C=Cc1ccc(COc2ccc(C)cc2C)c(NC(=O)SC)c1.CSC(=O)Nc1cc(Br)ccc1COc1ccc(C)cc1C.CSC(=O)Nc1cc(C)ccc1COc1ccc(C)cc1C.CSC(=O)Nc1cc(Cl)ccc1COc1ccc(C)cc1C.CSC(=O)Nc1cc(F)ccc1COc1ccc(C)cc1C.CSC(=O)Nc1cc(I)ccc1COc1ccc(C)cc1C. The molecule has 0 heterocycles. The van der Waals surface area contributed by atoms with E-state index in [0.29, 0.717) is 49.4 Å². The van der Waals surface area contributed by atoms with E-state index in [2.05, 4.69) is 135 Å². The largest absolute Gasteiger partial charge is 0.489 e. The Labute approximate surface area is 835 Å². The molecule has 0 radical (unpaired) electrons. The van der Waals surface area contributed by atoms with Crippen molar-refractivity contribution in [3.05, 3.63) is 355 Å². The highest BCUT2D eigenvalue weighted by atomic mass is 127. The Hall–Kier alpha value is -10.5. The summed E-state index contributed by atoms with van der Waals surface area (Å²) in [6.45, 7) is 32.5. The summed E-state index contributed by atoms with van der Waals surface area (Å²) in [6.07, 6.45) is 12.2. The lowest BCUT2D eigenvalue weighted by Gasteiger charge is -2.14. The molecule has 0 saturated heterocycles. The molecule has 0 saturated carbocycles. The van der Waals surface area contributed by atoms with Gasteiger partial charge >= 0.3 is 0 Å². The van der Waals surface area contributed by atoms with Gasteiger partial charge in [-0.25, -0.2) is 4.39 Å². The maximum atomic E-state index is 13.4. The lowest BCUT2D eigenvalue weighted by molar-refractivity contribution is 0.269. The number of carbonyl (C=O) groups is 6. The number of nitrogens with one attached hydrogen (secondary N) is 6. The molecular weight excluding hydrogens is 1990 g/mol. The zero-order chi connectivity index (χ0) is 97.4. The van der Waals surface area contributed by atoms with E-state index in [9.17, 15) is 33.2 Å². The van der Waals surface area contributed by atoms with Crippen molar-refractivity contribution in [2.75, 3.05) is 69.4 Å². The van der Waals surface area contributed by atoms with Gasteiger partial charge in [0.05, 0.1) is 5.69 Å². The number of hydrogen-bond donors (Lipinski definition) is 6. The van der Waals surface area contributed by atoms with Crippen LogP contribution in [0.15, 0.2) is 229 Å². The number of hydrogen-bond acceptors (Lipinski definition) is 18. The Morgan fingerprint density at radius 1 is 0.308 bits per heavy atom. The highest BCUT2D eigenvalue weighted by Crippen LogP contribution is 2.34. The maximum absolute atomic E-state index is 13.4. The van der Waals surface area contributed by atoms with E-state index in [1.807, 2.05) is 220 Å². The van der Waals surface area contributed by atoms with Crippen LogP contribution >= 0.6 is 121 Å². The van der Waals surface area contributed by atoms with Gasteiger partial charge in [-0.1, -0.05) is 265 Å².